The zero-order chi connectivity index (χ0) is 15.8. The first-order chi connectivity index (χ1) is 11.3. The number of esters is 1. The average Bonchev–Trinajstić information content (AvgIpc) is 2.60. The number of aryl methyl sites for hydroxylation is 1. The van der Waals surface area contributed by atoms with Gasteiger partial charge in [-0.15, -0.1) is 0 Å². The normalized spacial score (nSPS) is 17.2. The smallest absolute Gasteiger partial charge is 0.313 e. The van der Waals surface area contributed by atoms with Crippen LogP contribution in [0.5, 0.6) is 0 Å². The monoisotopic (exact) mass is 304 g/mol. The second-order valence-corrected chi connectivity index (χ2v) is 6.21. The van der Waals surface area contributed by atoms with E-state index >= 15 is 0 Å². The summed E-state index contributed by atoms with van der Waals surface area (Å²) in [5.74, 6) is -0.178. The number of hydrogen-bond donors (Lipinski definition) is 0. The van der Waals surface area contributed by atoms with Gasteiger partial charge in [-0.2, -0.15) is 0 Å². The minimum Gasteiger partial charge on any atom is -0.466 e. The molecule has 1 aliphatic rings. The first kappa shape index (κ1) is 14.3. The quantitative estimate of drug-likeness (QED) is 0.493. The Balaban J connectivity index is 1.93. The summed E-state index contributed by atoms with van der Waals surface area (Å²) >= 11 is 0. The fourth-order valence-electron chi connectivity index (χ4n) is 3.90. The molecule has 0 radical (unpaired) electrons. The van der Waals surface area contributed by atoms with Gasteiger partial charge in [0.1, 0.15) is 0 Å². The number of hydrogen-bond acceptors (Lipinski definition) is 2. The van der Waals surface area contributed by atoms with Gasteiger partial charge in [0.25, 0.3) is 0 Å². The summed E-state index contributed by atoms with van der Waals surface area (Å²) in [6.07, 6.45) is 2.98. The van der Waals surface area contributed by atoms with Crippen molar-refractivity contribution in [1.82, 2.24) is 0 Å². The molecule has 23 heavy (non-hydrogen) atoms. The molecule has 0 N–H and O–H groups in total. The van der Waals surface area contributed by atoms with Gasteiger partial charge in [-0.1, -0.05) is 48.5 Å². The zero-order valence-corrected chi connectivity index (χ0v) is 13.3. The van der Waals surface area contributed by atoms with E-state index in [4.69, 9.17) is 4.74 Å². The standard InChI is InChI=1S/C21H20O2/c1-2-23-21(22)20-9-5-8-16-18-11-10-14-6-3-4-7-15(14)17(18)12-13-19(16)20/h3-4,6-7,10-13,20H,2,5,8-9H2,1H3. The van der Waals surface area contributed by atoms with Gasteiger partial charge in [-0.25, -0.2) is 0 Å². The van der Waals surface area contributed by atoms with Gasteiger partial charge in [0.05, 0.1) is 12.5 Å². The summed E-state index contributed by atoms with van der Waals surface area (Å²) in [4.78, 5) is 12.3. The van der Waals surface area contributed by atoms with Crippen LogP contribution in [0.1, 0.15) is 36.8 Å². The van der Waals surface area contributed by atoms with Crippen molar-refractivity contribution < 1.29 is 9.53 Å². The van der Waals surface area contributed by atoms with Crippen LogP contribution in [0, 0.1) is 0 Å². The second kappa shape index (κ2) is 5.69. The molecule has 0 saturated heterocycles. The van der Waals surface area contributed by atoms with E-state index in [1.54, 1.807) is 0 Å². The molecule has 0 spiro atoms. The molecule has 116 valence electrons. The Bertz CT molecular complexity index is 895. The van der Waals surface area contributed by atoms with Crippen molar-refractivity contribution in [3.05, 3.63) is 59.7 Å². The van der Waals surface area contributed by atoms with Crippen molar-refractivity contribution >= 4 is 27.5 Å². The highest BCUT2D eigenvalue weighted by molar-refractivity contribution is 6.09. The van der Waals surface area contributed by atoms with Crippen LogP contribution < -0.4 is 0 Å². The minimum absolute atomic E-state index is 0.0754. The maximum absolute atomic E-state index is 12.3. The average molecular weight is 304 g/mol. The largest absolute Gasteiger partial charge is 0.466 e. The predicted molar refractivity (Wildman–Crippen MR) is 93.8 cm³/mol. The number of fused-ring (bicyclic) bond motifs is 5. The van der Waals surface area contributed by atoms with Crippen molar-refractivity contribution in [3.63, 3.8) is 0 Å². The highest BCUT2D eigenvalue weighted by Crippen LogP contribution is 2.38. The topological polar surface area (TPSA) is 26.3 Å². The molecule has 4 rings (SSSR count). The maximum Gasteiger partial charge on any atom is 0.313 e. The van der Waals surface area contributed by atoms with E-state index in [1.807, 2.05) is 6.92 Å². The molecule has 1 aliphatic carbocycles. The first-order valence-corrected chi connectivity index (χ1v) is 8.39. The highest BCUT2D eigenvalue weighted by atomic mass is 16.5. The molecule has 0 aromatic heterocycles. The van der Waals surface area contributed by atoms with Crippen LogP contribution in [0.15, 0.2) is 48.5 Å². The van der Waals surface area contributed by atoms with Crippen LogP contribution in [-0.4, -0.2) is 12.6 Å². The Kier molecular flexibility index (Phi) is 3.53. The molecule has 2 heteroatoms. The predicted octanol–water partition coefficient (Wildman–Crippen LogP) is 4.98. The van der Waals surface area contributed by atoms with Gasteiger partial charge in [-0.3, -0.25) is 4.79 Å². The lowest BCUT2D eigenvalue weighted by atomic mass is 9.80. The fraction of sp³-hybridized carbons (Fsp3) is 0.286. The molecular weight excluding hydrogens is 284 g/mol. The molecular formula is C21H20O2. The van der Waals surface area contributed by atoms with Gasteiger partial charge in [0.2, 0.25) is 0 Å². The van der Waals surface area contributed by atoms with Gasteiger partial charge < -0.3 is 4.74 Å². The van der Waals surface area contributed by atoms with Crippen molar-refractivity contribution in [2.24, 2.45) is 0 Å². The minimum atomic E-state index is -0.102. The van der Waals surface area contributed by atoms with Gasteiger partial charge in [0, 0.05) is 0 Å². The van der Waals surface area contributed by atoms with E-state index in [0.717, 1.165) is 24.8 Å². The van der Waals surface area contributed by atoms with E-state index in [9.17, 15) is 4.79 Å². The fourth-order valence-corrected chi connectivity index (χ4v) is 3.90. The van der Waals surface area contributed by atoms with Crippen molar-refractivity contribution in [2.75, 3.05) is 6.61 Å². The first-order valence-electron chi connectivity index (χ1n) is 8.39. The number of carbonyl (C=O) groups excluding carboxylic acids is 1. The van der Waals surface area contributed by atoms with E-state index in [0.29, 0.717) is 6.61 Å². The van der Waals surface area contributed by atoms with E-state index < -0.39 is 0 Å². The Labute approximate surface area is 136 Å². The van der Waals surface area contributed by atoms with Crippen LogP contribution in [0.3, 0.4) is 0 Å². The maximum atomic E-state index is 12.3. The molecule has 1 unspecified atom stereocenters. The molecule has 0 aliphatic heterocycles. The van der Waals surface area contributed by atoms with Crippen molar-refractivity contribution in [1.29, 1.82) is 0 Å². The summed E-state index contributed by atoms with van der Waals surface area (Å²) in [7, 11) is 0. The SMILES string of the molecule is CCOC(=O)C1CCCc2c1ccc1c2ccc2ccccc21. The molecule has 3 aromatic rings. The lowest BCUT2D eigenvalue weighted by Crippen LogP contribution is -2.21. The summed E-state index contributed by atoms with van der Waals surface area (Å²) < 4.78 is 5.28. The molecule has 0 amide bonds. The molecule has 1 atom stereocenters. The molecule has 0 fully saturated rings. The zero-order valence-electron chi connectivity index (χ0n) is 13.3. The molecule has 3 aromatic carbocycles. The number of ether oxygens (including phenoxy) is 1. The van der Waals surface area contributed by atoms with Crippen molar-refractivity contribution in [3.8, 4) is 0 Å². The summed E-state index contributed by atoms with van der Waals surface area (Å²) in [6.45, 7) is 2.32. The van der Waals surface area contributed by atoms with Gasteiger partial charge in [-0.05, 0) is 58.9 Å². The molecule has 2 nitrogen and oxygen atoms in total. The number of rotatable bonds is 2. The number of carbonyl (C=O) groups is 1. The lowest BCUT2D eigenvalue weighted by molar-refractivity contribution is -0.145. The third-order valence-electron chi connectivity index (χ3n) is 4.94. The van der Waals surface area contributed by atoms with Gasteiger partial charge >= 0.3 is 5.97 Å². The van der Waals surface area contributed by atoms with E-state index in [1.165, 1.54) is 27.1 Å². The molecule has 0 saturated carbocycles. The van der Waals surface area contributed by atoms with E-state index in [2.05, 4.69) is 48.5 Å². The summed E-state index contributed by atoms with van der Waals surface area (Å²) in [6, 6.07) is 17.2. The highest BCUT2D eigenvalue weighted by Gasteiger charge is 2.28. The Morgan fingerprint density at radius 3 is 2.74 bits per heavy atom. The van der Waals surface area contributed by atoms with Crippen LogP contribution >= 0.6 is 0 Å². The Morgan fingerprint density at radius 2 is 1.87 bits per heavy atom. The van der Waals surface area contributed by atoms with Crippen LogP contribution in [0.2, 0.25) is 0 Å². The third-order valence-corrected chi connectivity index (χ3v) is 4.94. The third kappa shape index (κ3) is 2.29. The Morgan fingerprint density at radius 1 is 1.04 bits per heavy atom. The lowest BCUT2D eigenvalue weighted by Gasteiger charge is -2.25. The van der Waals surface area contributed by atoms with Gasteiger partial charge in [0.15, 0.2) is 0 Å². The molecule has 0 heterocycles. The van der Waals surface area contributed by atoms with Crippen LogP contribution in [0.25, 0.3) is 21.5 Å². The molecule has 0 bridgehead atoms. The summed E-state index contributed by atoms with van der Waals surface area (Å²) in [5.41, 5.74) is 2.50. The van der Waals surface area contributed by atoms with Crippen LogP contribution in [-0.2, 0) is 16.0 Å². The second-order valence-electron chi connectivity index (χ2n) is 6.21. The summed E-state index contributed by atoms with van der Waals surface area (Å²) in [5, 5.41) is 5.12. The Hall–Kier alpha value is -2.35. The van der Waals surface area contributed by atoms with Crippen LogP contribution in [0.4, 0.5) is 0 Å². The van der Waals surface area contributed by atoms with Crippen molar-refractivity contribution in [2.45, 2.75) is 32.1 Å². The number of benzene rings is 3. The van der Waals surface area contributed by atoms with E-state index in [-0.39, 0.29) is 11.9 Å².